The summed E-state index contributed by atoms with van der Waals surface area (Å²) in [6.07, 6.45) is 5.00. The van der Waals surface area contributed by atoms with E-state index in [-0.39, 0.29) is 18.3 Å². The minimum atomic E-state index is -3.69. The third kappa shape index (κ3) is 4.63. The summed E-state index contributed by atoms with van der Waals surface area (Å²) in [5.74, 6) is -5.66. The fraction of sp³-hybridized carbons (Fsp3) is 0.667. The predicted molar refractivity (Wildman–Crippen MR) is 88.3 cm³/mol. The van der Waals surface area contributed by atoms with Gasteiger partial charge >= 0.3 is 5.92 Å². The highest BCUT2D eigenvalue weighted by Gasteiger charge is 2.44. The number of aromatic nitrogens is 1. The lowest BCUT2D eigenvalue weighted by molar-refractivity contribution is -0.148. The van der Waals surface area contributed by atoms with Crippen molar-refractivity contribution in [2.45, 2.75) is 50.0 Å². The van der Waals surface area contributed by atoms with Crippen molar-refractivity contribution in [2.75, 3.05) is 12.4 Å². The monoisotopic (exact) mass is 379 g/mol. The molecule has 2 rings (SSSR count). The van der Waals surface area contributed by atoms with Crippen LogP contribution in [0.15, 0.2) is 10.9 Å². The molecule has 1 aromatic rings. The molecule has 0 bridgehead atoms. The molecule has 0 saturated heterocycles. The lowest BCUT2D eigenvalue weighted by Gasteiger charge is -2.34. The third-order valence-electron chi connectivity index (χ3n) is 4.21. The first-order valence-electron chi connectivity index (χ1n) is 7.81. The molecule has 1 saturated carbocycles. The second-order valence-electron chi connectivity index (χ2n) is 6.01. The van der Waals surface area contributed by atoms with Crippen LogP contribution in [0.5, 0.6) is 0 Å². The van der Waals surface area contributed by atoms with Crippen LogP contribution in [0.3, 0.4) is 0 Å². The van der Waals surface area contributed by atoms with Gasteiger partial charge in [-0.25, -0.2) is 4.98 Å². The molecule has 0 aliphatic heterocycles. The molecular formula is C15H20ClF2N3O2S. The average molecular weight is 380 g/mol. The van der Waals surface area contributed by atoms with Crippen molar-refractivity contribution in [1.82, 2.24) is 15.6 Å². The molecule has 5 nitrogen and oxygen atoms in total. The zero-order valence-electron chi connectivity index (χ0n) is 13.1. The molecule has 0 unspecified atom stereocenters. The maximum atomic E-state index is 14.1. The maximum Gasteiger partial charge on any atom is 0.366 e. The number of carbonyl (C=O) groups excluding carboxylic acids is 2. The Bertz CT molecular complexity index is 561. The summed E-state index contributed by atoms with van der Waals surface area (Å²) >= 11 is 6.55. The largest absolute Gasteiger partial charge is 0.366 e. The molecule has 0 radical (unpaired) electrons. The number of halogens is 3. The highest BCUT2D eigenvalue weighted by Crippen LogP contribution is 2.30. The molecule has 1 heterocycles. The number of nitrogens with zero attached hydrogens (tertiary/aromatic N) is 1. The van der Waals surface area contributed by atoms with Crippen molar-refractivity contribution in [3.8, 4) is 0 Å². The van der Waals surface area contributed by atoms with Gasteiger partial charge in [0.1, 0.15) is 11.6 Å². The summed E-state index contributed by atoms with van der Waals surface area (Å²) < 4.78 is 28.2. The van der Waals surface area contributed by atoms with Gasteiger partial charge in [0.2, 0.25) is 5.91 Å². The number of hydrogen-bond donors (Lipinski definition) is 2. The lowest BCUT2D eigenvalue weighted by Crippen LogP contribution is -2.57. The van der Waals surface area contributed by atoms with E-state index in [0.717, 1.165) is 42.4 Å². The van der Waals surface area contributed by atoms with E-state index in [1.165, 1.54) is 5.51 Å². The molecule has 2 N–H and O–H groups in total. The number of amides is 2. The summed E-state index contributed by atoms with van der Waals surface area (Å²) in [5.41, 5.74) is -0.0370. The van der Waals surface area contributed by atoms with Crippen LogP contribution in [-0.2, 0) is 15.5 Å². The molecule has 1 aromatic heterocycles. The Kier molecular flexibility index (Phi) is 6.51. The minimum absolute atomic E-state index is 0.0474. The Morgan fingerprint density at radius 2 is 1.96 bits per heavy atom. The molecule has 1 aliphatic rings. The molecule has 1 fully saturated rings. The summed E-state index contributed by atoms with van der Waals surface area (Å²) in [6.45, 7) is -0.0474. The van der Waals surface area contributed by atoms with E-state index in [1.54, 1.807) is 0 Å². The first kappa shape index (κ1) is 19.1. The fourth-order valence-electron chi connectivity index (χ4n) is 2.92. The van der Waals surface area contributed by atoms with Crippen molar-refractivity contribution in [1.29, 1.82) is 0 Å². The zero-order valence-corrected chi connectivity index (χ0v) is 14.7. The topological polar surface area (TPSA) is 71.1 Å². The number of hydrogen-bond acceptors (Lipinski definition) is 4. The number of carbonyl (C=O) groups is 2. The van der Waals surface area contributed by atoms with Gasteiger partial charge in [-0.1, -0.05) is 25.7 Å². The third-order valence-corrected chi connectivity index (χ3v) is 5.04. The van der Waals surface area contributed by atoms with Crippen molar-refractivity contribution < 1.29 is 18.4 Å². The van der Waals surface area contributed by atoms with Gasteiger partial charge in [-0.3, -0.25) is 9.59 Å². The Balaban J connectivity index is 2.06. The number of thiazole rings is 1. The second-order valence-corrected chi connectivity index (χ2v) is 6.99. The molecular weight excluding hydrogens is 360 g/mol. The van der Waals surface area contributed by atoms with Crippen LogP contribution in [-0.4, -0.2) is 34.8 Å². The maximum absolute atomic E-state index is 14.1. The van der Waals surface area contributed by atoms with Crippen LogP contribution in [0.4, 0.5) is 8.78 Å². The van der Waals surface area contributed by atoms with Gasteiger partial charge in [-0.05, 0) is 12.8 Å². The van der Waals surface area contributed by atoms with Crippen molar-refractivity contribution >= 4 is 34.8 Å². The molecule has 0 aromatic carbocycles. The smallest absolute Gasteiger partial charge is 0.348 e. The van der Waals surface area contributed by atoms with E-state index >= 15 is 0 Å². The summed E-state index contributed by atoms with van der Waals surface area (Å²) in [5, 5.41) is 6.27. The van der Waals surface area contributed by atoms with Gasteiger partial charge in [-0.15, -0.1) is 22.9 Å². The molecule has 0 spiro atoms. The highest BCUT2D eigenvalue weighted by atomic mass is 35.5. The van der Waals surface area contributed by atoms with E-state index in [4.69, 9.17) is 11.6 Å². The van der Waals surface area contributed by atoms with Crippen molar-refractivity contribution in [3.63, 3.8) is 0 Å². The molecule has 1 aliphatic carbocycles. The van der Waals surface area contributed by atoms with E-state index in [1.807, 2.05) is 0 Å². The van der Waals surface area contributed by atoms with Crippen molar-refractivity contribution in [3.05, 3.63) is 16.6 Å². The Labute approximate surface area is 148 Å². The highest BCUT2D eigenvalue weighted by molar-refractivity contribution is 7.07. The van der Waals surface area contributed by atoms with E-state index in [9.17, 15) is 18.4 Å². The van der Waals surface area contributed by atoms with Gasteiger partial charge in [0.15, 0.2) is 0 Å². The number of alkyl halides is 3. The van der Waals surface area contributed by atoms with Gasteiger partial charge in [0, 0.05) is 11.9 Å². The van der Waals surface area contributed by atoms with E-state index in [0.29, 0.717) is 12.8 Å². The standard InChI is InChI=1S/C15H20ClF2N3O2S/c16-7-12(22)21-14(5-3-1-2-4-6-14)9-19-13(23)15(17,18)11-8-24-10-20-11/h8,10H,1-7,9H2,(H,19,23)(H,21,22). The fourth-order valence-corrected chi connectivity index (χ4v) is 3.56. The number of nitrogens with one attached hydrogen (secondary N) is 2. The Hall–Kier alpha value is -1.28. The molecule has 134 valence electrons. The van der Waals surface area contributed by atoms with Crippen LogP contribution in [0.2, 0.25) is 0 Å². The zero-order chi connectivity index (χ0) is 17.6. The molecule has 24 heavy (non-hydrogen) atoms. The van der Waals surface area contributed by atoms with Gasteiger partial charge in [0.05, 0.1) is 11.0 Å². The quantitative estimate of drug-likeness (QED) is 0.589. The predicted octanol–water partition coefficient (Wildman–Crippen LogP) is 2.80. The van der Waals surface area contributed by atoms with Crippen LogP contribution < -0.4 is 10.6 Å². The summed E-state index contributed by atoms with van der Waals surface area (Å²) in [4.78, 5) is 27.2. The van der Waals surface area contributed by atoms with Crippen molar-refractivity contribution in [2.24, 2.45) is 0 Å². The van der Waals surface area contributed by atoms with Crippen LogP contribution >= 0.6 is 22.9 Å². The summed E-state index contributed by atoms with van der Waals surface area (Å²) in [6, 6.07) is 0. The van der Waals surface area contributed by atoms with Gasteiger partial charge in [0.25, 0.3) is 5.91 Å². The second kappa shape index (κ2) is 8.20. The lowest BCUT2D eigenvalue weighted by atomic mass is 9.89. The molecule has 9 heteroatoms. The van der Waals surface area contributed by atoms with Gasteiger partial charge in [-0.2, -0.15) is 8.78 Å². The Morgan fingerprint density at radius 3 is 2.50 bits per heavy atom. The summed E-state index contributed by atoms with van der Waals surface area (Å²) in [7, 11) is 0. The van der Waals surface area contributed by atoms with Crippen LogP contribution in [0.25, 0.3) is 0 Å². The van der Waals surface area contributed by atoms with Crippen LogP contribution in [0, 0.1) is 0 Å². The first-order valence-corrected chi connectivity index (χ1v) is 9.29. The molecule has 2 amide bonds. The first-order chi connectivity index (χ1) is 11.4. The molecule has 0 atom stereocenters. The van der Waals surface area contributed by atoms with E-state index < -0.39 is 23.1 Å². The average Bonchev–Trinajstić information content (AvgIpc) is 3.02. The number of rotatable bonds is 6. The normalized spacial score (nSPS) is 17.8. The van der Waals surface area contributed by atoms with Gasteiger partial charge < -0.3 is 10.6 Å². The Morgan fingerprint density at radius 1 is 1.29 bits per heavy atom. The van der Waals surface area contributed by atoms with E-state index in [2.05, 4.69) is 15.6 Å². The minimum Gasteiger partial charge on any atom is -0.348 e. The SMILES string of the molecule is O=C(CCl)NC1(CNC(=O)C(F)(F)c2cscn2)CCCCCC1. The van der Waals surface area contributed by atoms with Crippen LogP contribution in [0.1, 0.15) is 44.2 Å².